The van der Waals surface area contributed by atoms with E-state index < -0.39 is 9.09 Å². The molecule has 0 heterocycles. The van der Waals surface area contributed by atoms with E-state index in [-0.39, 0.29) is 4.91 Å². The molecule has 10 heavy (non-hydrogen) atoms. The van der Waals surface area contributed by atoms with Gasteiger partial charge in [-0.2, -0.15) is 0 Å². The molecular weight excluding hydrogens is 218 g/mol. The quantitative estimate of drug-likeness (QED) is 0.575. The Hall–Kier alpha value is 0.430. The summed E-state index contributed by atoms with van der Waals surface area (Å²) < 4.78 is -1.64. The number of hydrogen-bond donors (Lipinski definition) is 1. The molecule has 0 aromatic heterocycles. The highest BCUT2D eigenvalue weighted by molar-refractivity contribution is 8.08. The molecule has 1 N–H and O–H groups in total. The maximum absolute atomic E-state index is 10.1. The van der Waals surface area contributed by atoms with Gasteiger partial charge in [-0.15, -0.1) is 0 Å². The van der Waals surface area contributed by atoms with E-state index in [0.29, 0.717) is 11.8 Å². The van der Waals surface area contributed by atoms with E-state index in [1.165, 1.54) is 0 Å². The van der Waals surface area contributed by atoms with Crippen LogP contribution in [0, 0.1) is 0 Å². The molecule has 0 aliphatic heterocycles. The van der Waals surface area contributed by atoms with Crippen molar-refractivity contribution in [1.29, 1.82) is 0 Å². The minimum absolute atomic E-state index is 0.194. The Morgan fingerprint density at radius 2 is 1.90 bits per heavy atom. The zero-order valence-corrected chi connectivity index (χ0v) is 7.69. The number of halogens is 3. The molecule has 2 nitrogen and oxygen atoms in total. The number of aliphatic carboxylic acids is 1. The van der Waals surface area contributed by atoms with Crippen LogP contribution in [0.25, 0.3) is 0 Å². The van der Waals surface area contributed by atoms with Crippen LogP contribution in [0.1, 0.15) is 0 Å². The van der Waals surface area contributed by atoms with Crippen molar-refractivity contribution in [2.45, 2.75) is 3.12 Å². The summed E-state index contributed by atoms with van der Waals surface area (Å²) in [6.45, 7) is 3.15. The summed E-state index contributed by atoms with van der Waals surface area (Å²) in [5, 5.41) is 8.25. The van der Waals surface area contributed by atoms with Gasteiger partial charge in [0.1, 0.15) is 0 Å². The fraction of sp³-hybridized carbons (Fsp3) is 0.250. The molecule has 0 unspecified atom stereocenters. The lowest BCUT2D eigenvalue weighted by Gasteiger charge is -2.07. The Kier molecular flexibility index (Phi) is 3.88. The Morgan fingerprint density at radius 3 is 2.00 bits per heavy atom. The summed E-state index contributed by atoms with van der Waals surface area (Å²) in [5.41, 5.74) is 0. The van der Waals surface area contributed by atoms with Crippen molar-refractivity contribution >= 4 is 52.5 Å². The Balaban J connectivity index is 3.93. The van der Waals surface area contributed by atoms with Crippen molar-refractivity contribution in [3.8, 4) is 0 Å². The van der Waals surface area contributed by atoms with Gasteiger partial charge in [-0.05, 0) is 0 Å². The monoisotopic (exact) mass is 220 g/mol. The van der Waals surface area contributed by atoms with E-state index >= 15 is 0 Å². The maximum Gasteiger partial charge on any atom is 0.341 e. The van der Waals surface area contributed by atoms with E-state index in [1.807, 2.05) is 0 Å². The first kappa shape index (κ1) is 10.4. The molecule has 0 rings (SSSR count). The van der Waals surface area contributed by atoms with Crippen LogP contribution >= 0.6 is 46.6 Å². The summed E-state index contributed by atoms with van der Waals surface area (Å²) >= 11 is 16.3. The van der Waals surface area contributed by atoms with Crippen molar-refractivity contribution in [1.82, 2.24) is 0 Å². The van der Waals surface area contributed by atoms with Gasteiger partial charge in [0.25, 0.3) is 0 Å². The molecule has 58 valence electrons. The third kappa shape index (κ3) is 5.23. The second-order valence-corrected chi connectivity index (χ2v) is 5.54. The third-order valence-electron chi connectivity index (χ3n) is 0.477. The maximum atomic E-state index is 10.1. The van der Waals surface area contributed by atoms with Crippen LogP contribution in [0.3, 0.4) is 0 Å². The smallest absolute Gasteiger partial charge is 0.341 e. The topological polar surface area (TPSA) is 37.3 Å². The van der Waals surface area contributed by atoms with Gasteiger partial charge in [0.2, 0.25) is 3.12 Å². The van der Waals surface area contributed by atoms with Gasteiger partial charge in [-0.1, -0.05) is 53.1 Å². The molecule has 0 aliphatic carbocycles. The number of carboxylic acids is 1. The molecule has 0 saturated carbocycles. The van der Waals surface area contributed by atoms with Gasteiger partial charge in [-0.3, -0.25) is 0 Å². The van der Waals surface area contributed by atoms with Crippen LogP contribution < -0.4 is 0 Å². The number of thioether (sulfide) groups is 1. The summed E-state index contributed by atoms with van der Waals surface area (Å²) in [4.78, 5) is 9.89. The molecule has 0 fully saturated rings. The summed E-state index contributed by atoms with van der Waals surface area (Å²) in [5.74, 6) is -1.18. The fourth-order valence-corrected chi connectivity index (χ4v) is 1.39. The van der Waals surface area contributed by atoms with Gasteiger partial charge in [0.05, 0.1) is 4.91 Å². The first-order chi connectivity index (χ1) is 4.33. The molecular formula is C4H3Cl3O2S. The molecule has 0 aromatic carbocycles. The van der Waals surface area contributed by atoms with E-state index in [1.54, 1.807) is 0 Å². The summed E-state index contributed by atoms with van der Waals surface area (Å²) in [6, 6.07) is 0. The van der Waals surface area contributed by atoms with Crippen LogP contribution in [0.2, 0.25) is 0 Å². The Bertz CT molecular complexity index is 162. The summed E-state index contributed by atoms with van der Waals surface area (Å²) in [6.07, 6.45) is 0. The first-order valence-electron chi connectivity index (χ1n) is 2.01. The van der Waals surface area contributed by atoms with Gasteiger partial charge in [0, 0.05) is 0 Å². The number of hydrogen-bond acceptors (Lipinski definition) is 2. The van der Waals surface area contributed by atoms with Crippen molar-refractivity contribution in [3.05, 3.63) is 11.5 Å². The van der Waals surface area contributed by atoms with Crippen LogP contribution in [-0.4, -0.2) is 14.2 Å². The molecule has 0 aliphatic rings. The normalized spacial score (nSPS) is 11.1. The molecule has 0 saturated heterocycles. The molecule has 6 heteroatoms. The average molecular weight is 221 g/mol. The standard InChI is InChI=1S/C4H3Cl3O2S/c1-2(3(8)9)10-4(5,6)7/h1H2,(H,8,9). The Morgan fingerprint density at radius 1 is 1.50 bits per heavy atom. The molecule has 0 atom stereocenters. The second-order valence-electron chi connectivity index (χ2n) is 1.28. The molecule has 0 spiro atoms. The highest BCUT2D eigenvalue weighted by Gasteiger charge is 2.24. The van der Waals surface area contributed by atoms with Gasteiger partial charge in [-0.25, -0.2) is 4.79 Å². The fourth-order valence-electron chi connectivity index (χ4n) is 0.183. The van der Waals surface area contributed by atoms with Crippen molar-refractivity contribution in [2.24, 2.45) is 0 Å². The highest BCUT2D eigenvalue weighted by atomic mass is 35.6. The van der Waals surface area contributed by atoms with Crippen LogP contribution in [0.4, 0.5) is 0 Å². The summed E-state index contributed by atoms with van der Waals surface area (Å²) in [7, 11) is 0. The average Bonchev–Trinajstić information content (AvgIpc) is 1.60. The van der Waals surface area contributed by atoms with E-state index in [2.05, 4.69) is 6.58 Å². The zero-order chi connectivity index (χ0) is 8.36. The van der Waals surface area contributed by atoms with Crippen molar-refractivity contribution < 1.29 is 9.90 Å². The zero-order valence-electron chi connectivity index (χ0n) is 4.60. The van der Waals surface area contributed by atoms with Crippen molar-refractivity contribution in [2.75, 3.05) is 0 Å². The molecule has 0 bridgehead atoms. The molecule has 0 radical (unpaired) electrons. The predicted octanol–water partition coefficient (Wildman–Crippen LogP) is 2.65. The van der Waals surface area contributed by atoms with Crippen LogP contribution in [-0.2, 0) is 4.79 Å². The lowest BCUT2D eigenvalue weighted by atomic mass is 10.7. The minimum Gasteiger partial charge on any atom is -0.477 e. The number of carbonyl (C=O) groups is 1. The first-order valence-corrected chi connectivity index (χ1v) is 3.96. The van der Waals surface area contributed by atoms with Gasteiger partial charge in [0.15, 0.2) is 0 Å². The highest BCUT2D eigenvalue weighted by Crippen LogP contribution is 2.42. The Labute approximate surface area is 77.1 Å². The largest absolute Gasteiger partial charge is 0.477 e. The van der Waals surface area contributed by atoms with E-state index in [4.69, 9.17) is 39.9 Å². The number of alkyl halides is 3. The molecule has 0 amide bonds. The van der Waals surface area contributed by atoms with Crippen LogP contribution in [0.15, 0.2) is 11.5 Å². The SMILES string of the molecule is C=C(SC(Cl)(Cl)Cl)C(=O)O. The van der Waals surface area contributed by atoms with Gasteiger partial charge >= 0.3 is 5.97 Å². The minimum atomic E-state index is -1.64. The lowest BCUT2D eigenvalue weighted by molar-refractivity contribution is -0.131. The van der Waals surface area contributed by atoms with Crippen molar-refractivity contribution in [3.63, 3.8) is 0 Å². The van der Waals surface area contributed by atoms with E-state index in [0.717, 1.165) is 0 Å². The number of carboxylic acid groups (broad SMARTS) is 1. The molecule has 0 aromatic rings. The van der Waals surface area contributed by atoms with Crippen LogP contribution in [0.5, 0.6) is 0 Å². The lowest BCUT2D eigenvalue weighted by Crippen LogP contribution is -2.01. The third-order valence-corrected chi connectivity index (χ3v) is 1.82. The van der Waals surface area contributed by atoms with Gasteiger partial charge < -0.3 is 5.11 Å². The second kappa shape index (κ2) is 3.72. The number of rotatable bonds is 2. The van der Waals surface area contributed by atoms with E-state index in [9.17, 15) is 4.79 Å². The predicted molar refractivity (Wildman–Crippen MR) is 44.7 cm³/mol.